The summed E-state index contributed by atoms with van der Waals surface area (Å²) in [7, 11) is -2.85. The molecule has 0 radical (unpaired) electrons. The molecule has 1 saturated carbocycles. The molecule has 0 saturated heterocycles. The van der Waals surface area contributed by atoms with Crippen molar-refractivity contribution in [2.45, 2.75) is 49.1 Å². The van der Waals surface area contributed by atoms with Crippen molar-refractivity contribution in [2.24, 2.45) is 0 Å². The van der Waals surface area contributed by atoms with Crippen LogP contribution < -0.4 is 5.32 Å². The van der Waals surface area contributed by atoms with Crippen LogP contribution in [0.15, 0.2) is 0 Å². The molecule has 16 heavy (non-hydrogen) atoms. The highest BCUT2D eigenvalue weighted by Gasteiger charge is 2.28. The fraction of sp³-hybridized carbons (Fsp3) is 1.00. The fourth-order valence-corrected chi connectivity index (χ4v) is 3.57. The van der Waals surface area contributed by atoms with Crippen molar-refractivity contribution in [3.8, 4) is 0 Å². The predicted octanol–water partition coefficient (Wildman–Crippen LogP) is 1.68. The second kappa shape index (κ2) is 6.26. The van der Waals surface area contributed by atoms with E-state index in [0.717, 1.165) is 32.2 Å². The first-order chi connectivity index (χ1) is 7.43. The third-order valence-corrected chi connectivity index (χ3v) is 5.94. The van der Waals surface area contributed by atoms with E-state index in [4.69, 9.17) is 0 Å². The van der Waals surface area contributed by atoms with Crippen molar-refractivity contribution in [2.75, 3.05) is 19.1 Å². The molecule has 96 valence electrons. The Morgan fingerprint density at radius 2 is 2.12 bits per heavy atom. The lowest BCUT2D eigenvalue weighted by Gasteiger charge is -2.29. The molecule has 0 aromatic carbocycles. The van der Waals surface area contributed by atoms with E-state index in [1.807, 2.05) is 11.8 Å². The van der Waals surface area contributed by atoms with Gasteiger partial charge in [0.15, 0.2) is 0 Å². The van der Waals surface area contributed by atoms with Gasteiger partial charge in [0.2, 0.25) is 0 Å². The quantitative estimate of drug-likeness (QED) is 0.821. The number of hydrogen-bond acceptors (Lipinski definition) is 4. The van der Waals surface area contributed by atoms with Gasteiger partial charge in [0, 0.05) is 24.1 Å². The molecule has 3 nitrogen and oxygen atoms in total. The van der Waals surface area contributed by atoms with Crippen molar-refractivity contribution in [1.82, 2.24) is 5.32 Å². The van der Waals surface area contributed by atoms with Crippen LogP contribution >= 0.6 is 11.8 Å². The van der Waals surface area contributed by atoms with Crippen LogP contribution in [0.25, 0.3) is 0 Å². The molecule has 1 aliphatic rings. The van der Waals surface area contributed by atoms with E-state index in [9.17, 15) is 8.42 Å². The summed E-state index contributed by atoms with van der Waals surface area (Å²) in [5.41, 5.74) is 0. The van der Waals surface area contributed by atoms with Gasteiger partial charge in [0.25, 0.3) is 0 Å². The Labute approximate surface area is 104 Å². The molecule has 0 amide bonds. The zero-order valence-corrected chi connectivity index (χ0v) is 12.0. The Bertz CT molecular complexity index is 303. The number of sulfone groups is 1. The van der Waals surface area contributed by atoms with Crippen LogP contribution in [0.5, 0.6) is 0 Å². The first-order valence-electron chi connectivity index (χ1n) is 5.88. The van der Waals surface area contributed by atoms with Crippen LogP contribution in [0.1, 0.15) is 32.6 Å². The molecular formula is C11H23NO2S2. The minimum Gasteiger partial charge on any atom is -0.313 e. The second-order valence-electron chi connectivity index (χ2n) is 4.77. The SMILES string of the molecule is CSC(C)CNC1CCCC(S(C)(=O)=O)C1. The summed E-state index contributed by atoms with van der Waals surface area (Å²) in [6.07, 6.45) is 7.25. The Kier molecular flexibility index (Phi) is 5.61. The summed E-state index contributed by atoms with van der Waals surface area (Å²) in [4.78, 5) is 0. The lowest BCUT2D eigenvalue weighted by molar-refractivity contribution is 0.374. The standard InChI is InChI=1S/C11H23NO2S2/c1-9(15-2)8-12-10-5-4-6-11(7-10)16(3,13)14/h9-12H,4-8H2,1-3H3. The highest BCUT2D eigenvalue weighted by molar-refractivity contribution is 7.99. The third-order valence-electron chi connectivity index (χ3n) is 3.33. The molecule has 0 heterocycles. The minimum absolute atomic E-state index is 0.122. The molecule has 1 N–H and O–H groups in total. The van der Waals surface area contributed by atoms with E-state index in [-0.39, 0.29) is 5.25 Å². The van der Waals surface area contributed by atoms with Crippen molar-refractivity contribution >= 4 is 21.6 Å². The lowest BCUT2D eigenvalue weighted by Crippen LogP contribution is -2.40. The number of rotatable bonds is 5. The van der Waals surface area contributed by atoms with Gasteiger partial charge in [-0.25, -0.2) is 8.42 Å². The first-order valence-corrected chi connectivity index (χ1v) is 9.12. The van der Waals surface area contributed by atoms with Gasteiger partial charge in [-0.05, 0) is 25.5 Å². The average Bonchev–Trinajstić information content (AvgIpc) is 2.25. The van der Waals surface area contributed by atoms with Crippen LogP contribution in [-0.2, 0) is 9.84 Å². The molecule has 1 rings (SSSR count). The van der Waals surface area contributed by atoms with E-state index in [1.165, 1.54) is 6.26 Å². The Balaban J connectivity index is 2.39. The van der Waals surface area contributed by atoms with E-state index in [2.05, 4.69) is 18.5 Å². The summed E-state index contributed by atoms with van der Waals surface area (Å²) in [5.74, 6) is 0. The second-order valence-corrected chi connectivity index (χ2v) is 8.37. The van der Waals surface area contributed by atoms with Crippen LogP contribution in [-0.4, -0.2) is 44.0 Å². The molecule has 1 fully saturated rings. The highest BCUT2D eigenvalue weighted by Crippen LogP contribution is 2.24. The zero-order valence-electron chi connectivity index (χ0n) is 10.4. The van der Waals surface area contributed by atoms with Gasteiger partial charge in [-0.15, -0.1) is 0 Å². The van der Waals surface area contributed by atoms with Crippen LogP contribution in [0, 0.1) is 0 Å². The molecular weight excluding hydrogens is 242 g/mol. The third kappa shape index (κ3) is 4.63. The van der Waals surface area contributed by atoms with Crippen molar-refractivity contribution < 1.29 is 8.42 Å². The summed E-state index contributed by atoms with van der Waals surface area (Å²) >= 11 is 1.84. The summed E-state index contributed by atoms with van der Waals surface area (Å²) in [6, 6.07) is 0.392. The first kappa shape index (κ1) is 14.3. The Morgan fingerprint density at radius 1 is 1.44 bits per heavy atom. The van der Waals surface area contributed by atoms with Crippen molar-refractivity contribution in [3.63, 3.8) is 0 Å². The van der Waals surface area contributed by atoms with E-state index in [1.54, 1.807) is 0 Å². The molecule has 0 bridgehead atoms. The van der Waals surface area contributed by atoms with Gasteiger partial charge in [0.05, 0.1) is 5.25 Å². The number of thioether (sulfide) groups is 1. The molecule has 5 heteroatoms. The Morgan fingerprint density at radius 3 is 2.69 bits per heavy atom. The van der Waals surface area contributed by atoms with Gasteiger partial charge in [0.1, 0.15) is 9.84 Å². The molecule has 0 spiro atoms. The predicted molar refractivity (Wildman–Crippen MR) is 71.9 cm³/mol. The van der Waals surface area contributed by atoms with Crippen molar-refractivity contribution in [3.05, 3.63) is 0 Å². The highest BCUT2D eigenvalue weighted by atomic mass is 32.2. The van der Waals surface area contributed by atoms with Gasteiger partial charge in [-0.1, -0.05) is 13.3 Å². The molecule has 1 aliphatic carbocycles. The van der Waals surface area contributed by atoms with Gasteiger partial charge >= 0.3 is 0 Å². The van der Waals surface area contributed by atoms with Crippen LogP contribution in [0.4, 0.5) is 0 Å². The maximum Gasteiger partial charge on any atom is 0.150 e. The van der Waals surface area contributed by atoms with Gasteiger partial charge in [-0.2, -0.15) is 11.8 Å². The Hall–Kier alpha value is 0.260. The summed E-state index contributed by atoms with van der Waals surface area (Å²) in [6.45, 7) is 3.16. The van der Waals surface area contributed by atoms with Crippen molar-refractivity contribution in [1.29, 1.82) is 0 Å². The number of hydrogen-bond donors (Lipinski definition) is 1. The molecule has 0 aliphatic heterocycles. The molecule has 0 aromatic heterocycles. The number of nitrogens with one attached hydrogen (secondary N) is 1. The fourth-order valence-electron chi connectivity index (χ4n) is 2.14. The maximum absolute atomic E-state index is 11.5. The molecule has 0 aromatic rings. The van der Waals surface area contributed by atoms with Crippen LogP contribution in [0.2, 0.25) is 0 Å². The lowest BCUT2D eigenvalue weighted by atomic mass is 9.95. The summed E-state index contributed by atoms with van der Waals surface area (Å²) in [5, 5.41) is 3.96. The minimum atomic E-state index is -2.85. The van der Waals surface area contributed by atoms with E-state index >= 15 is 0 Å². The van der Waals surface area contributed by atoms with Gasteiger partial charge in [-0.3, -0.25) is 0 Å². The monoisotopic (exact) mass is 265 g/mol. The topological polar surface area (TPSA) is 46.2 Å². The molecule has 3 atom stereocenters. The smallest absolute Gasteiger partial charge is 0.150 e. The van der Waals surface area contributed by atoms with Gasteiger partial charge < -0.3 is 5.32 Å². The normalized spacial score (nSPS) is 28.9. The molecule has 3 unspecified atom stereocenters. The maximum atomic E-state index is 11.5. The van der Waals surface area contributed by atoms with E-state index in [0.29, 0.717) is 11.3 Å². The zero-order chi connectivity index (χ0) is 12.2. The average molecular weight is 265 g/mol. The van der Waals surface area contributed by atoms with E-state index < -0.39 is 9.84 Å². The summed E-state index contributed by atoms with van der Waals surface area (Å²) < 4.78 is 23.0. The largest absolute Gasteiger partial charge is 0.313 e. The van der Waals surface area contributed by atoms with Crippen LogP contribution in [0.3, 0.4) is 0 Å².